The van der Waals surface area contributed by atoms with E-state index in [0.717, 1.165) is 6.07 Å². The lowest BCUT2D eigenvalue weighted by molar-refractivity contribution is -0.136. The molecule has 0 radical (unpaired) electrons. The van der Waals surface area contributed by atoms with Crippen LogP contribution >= 0.6 is 12.4 Å². The van der Waals surface area contributed by atoms with Crippen molar-refractivity contribution in [3.8, 4) is 0 Å². The quantitative estimate of drug-likeness (QED) is 0.782. The molecule has 0 saturated carbocycles. The Morgan fingerprint density at radius 1 is 1.31 bits per heavy atom. The molecule has 0 unspecified atom stereocenters. The molecule has 0 saturated heterocycles. The predicted molar refractivity (Wildman–Crippen MR) is 56.6 cm³/mol. The highest BCUT2D eigenvalue weighted by atomic mass is 35.5. The Hall–Kier alpha value is -1.43. The van der Waals surface area contributed by atoms with Gasteiger partial charge in [-0.1, -0.05) is 0 Å². The van der Waals surface area contributed by atoms with E-state index >= 15 is 0 Å². The highest BCUT2D eigenvalue weighted by Gasteiger charge is 2.34. The summed E-state index contributed by atoms with van der Waals surface area (Å²) in [6, 6.07) is 0.891. The number of nitrogens with two attached hydrogens (primary N) is 1. The SMILES string of the molecule is Cc1cn2cc(N)cc(C(F)(F)F)c2n1.Cl. The van der Waals surface area contributed by atoms with E-state index in [1.54, 1.807) is 6.92 Å². The average molecular weight is 252 g/mol. The zero-order valence-electron chi connectivity index (χ0n) is 8.25. The van der Waals surface area contributed by atoms with Crippen molar-refractivity contribution in [2.45, 2.75) is 13.1 Å². The Kier molecular flexibility index (Phi) is 3.05. The average Bonchev–Trinajstić information content (AvgIpc) is 2.41. The van der Waals surface area contributed by atoms with Crippen molar-refractivity contribution < 1.29 is 13.2 Å². The Labute approximate surface area is 95.5 Å². The molecule has 0 aliphatic rings. The van der Waals surface area contributed by atoms with Crippen molar-refractivity contribution in [1.82, 2.24) is 9.38 Å². The lowest BCUT2D eigenvalue weighted by Gasteiger charge is -2.08. The zero-order chi connectivity index (χ0) is 11.2. The molecule has 0 amide bonds. The minimum absolute atomic E-state index is 0. The number of halogens is 4. The van der Waals surface area contributed by atoms with Crippen LogP contribution < -0.4 is 5.73 Å². The molecule has 2 aromatic heterocycles. The molecule has 0 aliphatic heterocycles. The summed E-state index contributed by atoms with van der Waals surface area (Å²) in [6.07, 6.45) is -1.53. The number of nitrogen functional groups attached to an aromatic ring is 1. The van der Waals surface area contributed by atoms with Gasteiger partial charge in [-0.25, -0.2) is 4.98 Å². The summed E-state index contributed by atoms with van der Waals surface area (Å²) >= 11 is 0. The first-order chi connectivity index (χ1) is 6.88. The van der Waals surface area contributed by atoms with Crippen molar-refractivity contribution in [1.29, 1.82) is 0 Å². The van der Waals surface area contributed by atoms with Crippen LogP contribution in [0, 0.1) is 6.92 Å². The van der Waals surface area contributed by atoms with Crippen LogP contribution in [-0.4, -0.2) is 9.38 Å². The van der Waals surface area contributed by atoms with Crippen molar-refractivity contribution in [2.75, 3.05) is 5.73 Å². The number of hydrogen-bond acceptors (Lipinski definition) is 2. The lowest BCUT2D eigenvalue weighted by Crippen LogP contribution is -2.08. The van der Waals surface area contributed by atoms with Gasteiger partial charge in [0, 0.05) is 18.1 Å². The second kappa shape index (κ2) is 3.86. The predicted octanol–water partition coefficient (Wildman–Crippen LogP) is 2.67. The number of hydrogen-bond donors (Lipinski definition) is 1. The van der Waals surface area contributed by atoms with Crippen molar-refractivity contribution in [3.05, 3.63) is 29.7 Å². The van der Waals surface area contributed by atoms with Gasteiger partial charge in [0.1, 0.15) is 11.2 Å². The molecule has 0 aliphatic carbocycles. The molecule has 7 heteroatoms. The maximum atomic E-state index is 12.6. The largest absolute Gasteiger partial charge is 0.420 e. The fourth-order valence-corrected chi connectivity index (χ4v) is 1.45. The zero-order valence-corrected chi connectivity index (χ0v) is 9.06. The van der Waals surface area contributed by atoms with Crippen LogP contribution in [0.2, 0.25) is 0 Å². The van der Waals surface area contributed by atoms with Gasteiger partial charge in [-0.3, -0.25) is 0 Å². The first-order valence-electron chi connectivity index (χ1n) is 4.20. The molecular formula is C9H9ClF3N3. The highest BCUT2D eigenvalue weighted by molar-refractivity contribution is 5.85. The van der Waals surface area contributed by atoms with E-state index in [9.17, 15) is 13.2 Å². The molecule has 3 nitrogen and oxygen atoms in total. The number of rotatable bonds is 0. The van der Waals surface area contributed by atoms with Crippen LogP contribution in [0.4, 0.5) is 18.9 Å². The van der Waals surface area contributed by atoms with Crippen molar-refractivity contribution >= 4 is 23.7 Å². The fraction of sp³-hybridized carbons (Fsp3) is 0.222. The van der Waals surface area contributed by atoms with Gasteiger partial charge in [-0.05, 0) is 13.0 Å². The first kappa shape index (κ1) is 12.6. The number of aromatic nitrogens is 2. The number of aryl methyl sites for hydroxylation is 1. The number of fused-ring (bicyclic) bond motifs is 1. The second-order valence-corrected chi connectivity index (χ2v) is 3.30. The van der Waals surface area contributed by atoms with Crippen LogP contribution in [-0.2, 0) is 6.18 Å². The molecule has 16 heavy (non-hydrogen) atoms. The number of alkyl halides is 3. The normalized spacial score (nSPS) is 11.5. The summed E-state index contributed by atoms with van der Waals surface area (Å²) in [7, 11) is 0. The Morgan fingerprint density at radius 3 is 2.50 bits per heavy atom. The molecule has 2 aromatic rings. The molecule has 2 N–H and O–H groups in total. The summed E-state index contributed by atoms with van der Waals surface area (Å²) in [6.45, 7) is 1.63. The third-order valence-electron chi connectivity index (χ3n) is 2.00. The van der Waals surface area contributed by atoms with E-state index in [0.29, 0.717) is 5.69 Å². The van der Waals surface area contributed by atoms with E-state index < -0.39 is 11.7 Å². The van der Waals surface area contributed by atoms with Gasteiger partial charge in [0.15, 0.2) is 0 Å². The van der Waals surface area contributed by atoms with Crippen molar-refractivity contribution in [3.63, 3.8) is 0 Å². The minimum Gasteiger partial charge on any atom is -0.398 e. The van der Waals surface area contributed by atoms with Gasteiger partial charge >= 0.3 is 6.18 Å². The summed E-state index contributed by atoms with van der Waals surface area (Å²) in [5.74, 6) is 0. The van der Waals surface area contributed by atoms with Gasteiger partial charge in [0.2, 0.25) is 0 Å². The smallest absolute Gasteiger partial charge is 0.398 e. The van der Waals surface area contributed by atoms with Crippen LogP contribution in [0.15, 0.2) is 18.5 Å². The molecule has 0 fully saturated rings. The van der Waals surface area contributed by atoms with E-state index in [-0.39, 0.29) is 23.7 Å². The molecule has 2 rings (SSSR count). The second-order valence-electron chi connectivity index (χ2n) is 3.30. The fourth-order valence-electron chi connectivity index (χ4n) is 1.45. The summed E-state index contributed by atoms with van der Waals surface area (Å²) in [5, 5.41) is 0. The molecule has 0 spiro atoms. The number of imidazole rings is 1. The number of pyridine rings is 1. The van der Waals surface area contributed by atoms with Gasteiger partial charge < -0.3 is 10.1 Å². The summed E-state index contributed by atoms with van der Waals surface area (Å²) in [5.41, 5.74) is 5.04. The third-order valence-corrected chi connectivity index (χ3v) is 2.00. The highest BCUT2D eigenvalue weighted by Crippen LogP contribution is 2.33. The van der Waals surface area contributed by atoms with Gasteiger partial charge in [0.25, 0.3) is 0 Å². The molecule has 0 atom stereocenters. The molecule has 0 bridgehead atoms. The van der Waals surface area contributed by atoms with Crippen LogP contribution in [0.5, 0.6) is 0 Å². The topological polar surface area (TPSA) is 43.3 Å². The van der Waals surface area contributed by atoms with Gasteiger partial charge in [-0.15, -0.1) is 12.4 Å². The van der Waals surface area contributed by atoms with E-state index in [1.165, 1.54) is 16.8 Å². The van der Waals surface area contributed by atoms with E-state index in [2.05, 4.69) is 4.98 Å². The van der Waals surface area contributed by atoms with Crippen LogP contribution in [0.25, 0.3) is 5.65 Å². The summed E-state index contributed by atoms with van der Waals surface area (Å²) in [4.78, 5) is 3.81. The first-order valence-corrected chi connectivity index (χ1v) is 4.20. The van der Waals surface area contributed by atoms with Gasteiger partial charge in [-0.2, -0.15) is 13.2 Å². The minimum atomic E-state index is -4.44. The Bertz CT molecular complexity index is 518. The maximum absolute atomic E-state index is 12.6. The number of anilines is 1. The van der Waals surface area contributed by atoms with Crippen molar-refractivity contribution in [2.24, 2.45) is 0 Å². The standard InChI is InChI=1S/C9H8F3N3.ClH/c1-5-3-15-4-6(13)2-7(8(15)14-5)9(10,11)12;/h2-4H,13H2,1H3;1H. The maximum Gasteiger partial charge on any atom is 0.420 e. The van der Waals surface area contributed by atoms with E-state index in [4.69, 9.17) is 5.73 Å². The number of nitrogens with zero attached hydrogens (tertiary/aromatic N) is 2. The Morgan fingerprint density at radius 2 is 1.94 bits per heavy atom. The molecule has 88 valence electrons. The van der Waals surface area contributed by atoms with E-state index in [1.807, 2.05) is 0 Å². The summed E-state index contributed by atoms with van der Waals surface area (Å²) < 4.78 is 39.1. The Balaban J connectivity index is 0.00000128. The monoisotopic (exact) mass is 251 g/mol. The molecular weight excluding hydrogens is 243 g/mol. The molecule has 0 aromatic carbocycles. The van der Waals surface area contributed by atoms with Crippen LogP contribution in [0.3, 0.4) is 0 Å². The van der Waals surface area contributed by atoms with Gasteiger partial charge in [0.05, 0.1) is 5.69 Å². The van der Waals surface area contributed by atoms with Crippen LogP contribution in [0.1, 0.15) is 11.3 Å². The molecule has 2 heterocycles. The lowest BCUT2D eigenvalue weighted by atomic mass is 10.2. The third kappa shape index (κ3) is 2.06.